The maximum Gasteiger partial charge on any atom is 0.247 e. The van der Waals surface area contributed by atoms with Gasteiger partial charge in [-0.05, 0) is 56.8 Å². The molecule has 12 heteroatoms. The molecule has 1 amide bonds. The van der Waals surface area contributed by atoms with Crippen molar-refractivity contribution in [3.05, 3.63) is 66.2 Å². The SMILES string of the molecule is C=CC(=O)Nc1cc2c(Nc3ccc(OCC(=C/N=C)/N=C\C)c(Cl)c3)ncnc2cc1OCCN1CC2CCC(C1)O2. The molecule has 11 nitrogen and oxygen atoms in total. The molecule has 3 heterocycles. The first-order valence-corrected chi connectivity index (χ1v) is 14.4. The van der Waals surface area contributed by atoms with Crippen LogP contribution in [-0.4, -0.2) is 78.8 Å². The van der Waals surface area contributed by atoms with Crippen LogP contribution in [0.5, 0.6) is 11.5 Å². The fourth-order valence-electron chi connectivity index (χ4n) is 5.11. The highest BCUT2D eigenvalue weighted by Gasteiger charge is 2.33. The predicted molar refractivity (Wildman–Crippen MR) is 170 cm³/mol. The van der Waals surface area contributed by atoms with E-state index in [0.29, 0.717) is 69.1 Å². The molecule has 0 spiro atoms. The van der Waals surface area contributed by atoms with Crippen LogP contribution in [0.1, 0.15) is 19.8 Å². The lowest BCUT2D eigenvalue weighted by molar-refractivity contribution is -0.111. The van der Waals surface area contributed by atoms with E-state index in [0.717, 1.165) is 32.5 Å². The van der Waals surface area contributed by atoms with Gasteiger partial charge in [-0.2, -0.15) is 0 Å². The lowest BCUT2D eigenvalue weighted by Gasteiger charge is -2.31. The van der Waals surface area contributed by atoms with Crippen molar-refractivity contribution >= 4 is 58.5 Å². The molecule has 2 atom stereocenters. The highest BCUT2D eigenvalue weighted by molar-refractivity contribution is 6.32. The lowest BCUT2D eigenvalue weighted by atomic mass is 10.1. The molecular formula is C31H34ClN7O4. The summed E-state index contributed by atoms with van der Waals surface area (Å²) < 4.78 is 17.9. The molecule has 0 radical (unpaired) electrons. The summed E-state index contributed by atoms with van der Waals surface area (Å²) in [6.45, 7) is 12.1. The number of likely N-dealkylation sites (tertiary alicyclic amines) is 1. The number of nitrogens with one attached hydrogen (secondary N) is 2. The number of carbonyl (C=O) groups excluding carboxylic acids is 1. The number of carbonyl (C=O) groups is 1. The molecule has 5 rings (SSSR count). The first-order chi connectivity index (χ1) is 20.9. The summed E-state index contributed by atoms with van der Waals surface area (Å²) in [6.07, 6.45) is 8.72. The van der Waals surface area contributed by atoms with Crippen LogP contribution in [0.15, 0.2) is 71.2 Å². The molecule has 0 saturated carbocycles. The van der Waals surface area contributed by atoms with Gasteiger partial charge < -0.3 is 24.8 Å². The Kier molecular flexibility index (Phi) is 9.98. The molecule has 3 aromatic rings. The topological polar surface area (TPSA) is 123 Å². The number of amides is 1. The number of rotatable bonds is 13. The lowest BCUT2D eigenvalue weighted by Crippen LogP contribution is -2.44. The molecule has 2 aliphatic rings. The summed E-state index contributed by atoms with van der Waals surface area (Å²) in [5.41, 5.74) is 2.43. The van der Waals surface area contributed by atoms with Crippen molar-refractivity contribution in [1.29, 1.82) is 0 Å². The average molecular weight is 604 g/mol. The number of hydrogen-bond acceptors (Lipinski definition) is 10. The number of halogens is 1. The van der Waals surface area contributed by atoms with E-state index < -0.39 is 0 Å². The smallest absolute Gasteiger partial charge is 0.247 e. The van der Waals surface area contributed by atoms with Crippen molar-refractivity contribution in [2.75, 3.05) is 43.5 Å². The van der Waals surface area contributed by atoms with E-state index in [-0.39, 0.29) is 12.5 Å². The van der Waals surface area contributed by atoms with Gasteiger partial charge in [0.25, 0.3) is 0 Å². The highest BCUT2D eigenvalue weighted by Crippen LogP contribution is 2.35. The van der Waals surface area contributed by atoms with Crippen LogP contribution in [0.4, 0.5) is 17.2 Å². The van der Waals surface area contributed by atoms with Crippen LogP contribution >= 0.6 is 11.6 Å². The van der Waals surface area contributed by atoms with E-state index in [1.54, 1.807) is 37.4 Å². The van der Waals surface area contributed by atoms with Crippen molar-refractivity contribution in [3.8, 4) is 11.5 Å². The van der Waals surface area contributed by atoms with Gasteiger partial charge in [-0.1, -0.05) is 18.2 Å². The average Bonchev–Trinajstić information content (AvgIpc) is 3.34. The van der Waals surface area contributed by atoms with Gasteiger partial charge in [-0.3, -0.25) is 19.7 Å². The fourth-order valence-corrected chi connectivity index (χ4v) is 5.35. The minimum Gasteiger partial charge on any atom is -0.490 e. The summed E-state index contributed by atoms with van der Waals surface area (Å²) in [5, 5.41) is 7.23. The van der Waals surface area contributed by atoms with E-state index >= 15 is 0 Å². The molecule has 1 aromatic heterocycles. The number of benzene rings is 2. The summed E-state index contributed by atoms with van der Waals surface area (Å²) in [6, 6.07) is 8.90. The van der Waals surface area contributed by atoms with Gasteiger partial charge in [0.05, 0.1) is 40.3 Å². The second-order valence-corrected chi connectivity index (χ2v) is 10.5. The summed E-state index contributed by atoms with van der Waals surface area (Å²) in [7, 11) is 0. The van der Waals surface area contributed by atoms with Crippen LogP contribution < -0.4 is 20.1 Å². The van der Waals surface area contributed by atoms with E-state index in [1.807, 2.05) is 6.07 Å². The quantitative estimate of drug-likeness (QED) is 0.197. The Bertz CT molecular complexity index is 1550. The normalized spacial score (nSPS) is 18.5. The van der Waals surface area contributed by atoms with Gasteiger partial charge in [0, 0.05) is 43.0 Å². The first-order valence-electron chi connectivity index (χ1n) is 14.0. The van der Waals surface area contributed by atoms with Gasteiger partial charge in [0.15, 0.2) is 0 Å². The van der Waals surface area contributed by atoms with Gasteiger partial charge in [-0.25, -0.2) is 9.97 Å². The molecule has 2 saturated heterocycles. The number of aliphatic imine (C=N–C) groups is 2. The Morgan fingerprint density at radius 2 is 2.00 bits per heavy atom. The maximum absolute atomic E-state index is 12.3. The zero-order valence-electron chi connectivity index (χ0n) is 24.0. The Balaban J connectivity index is 1.32. The van der Waals surface area contributed by atoms with Gasteiger partial charge in [0.2, 0.25) is 5.91 Å². The largest absolute Gasteiger partial charge is 0.490 e. The number of ether oxygens (including phenoxy) is 3. The second kappa shape index (κ2) is 14.2. The van der Waals surface area contributed by atoms with Crippen LogP contribution in [0, 0.1) is 0 Å². The van der Waals surface area contributed by atoms with Crippen molar-refractivity contribution in [2.45, 2.75) is 32.0 Å². The van der Waals surface area contributed by atoms with Gasteiger partial charge in [-0.15, -0.1) is 0 Å². The van der Waals surface area contributed by atoms with Crippen LogP contribution in [0.25, 0.3) is 10.9 Å². The van der Waals surface area contributed by atoms with Crippen molar-refractivity contribution in [3.63, 3.8) is 0 Å². The zero-order valence-corrected chi connectivity index (χ0v) is 24.7. The first kappa shape index (κ1) is 30.1. The molecule has 2 unspecified atom stereocenters. The van der Waals surface area contributed by atoms with Crippen molar-refractivity contribution in [2.24, 2.45) is 9.98 Å². The van der Waals surface area contributed by atoms with Crippen molar-refractivity contribution in [1.82, 2.24) is 14.9 Å². The number of nitrogens with zero attached hydrogens (tertiary/aromatic N) is 5. The number of morpholine rings is 1. The zero-order chi connectivity index (χ0) is 30.2. The van der Waals surface area contributed by atoms with Gasteiger partial charge >= 0.3 is 0 Å². The van der Waals surface area contributed by atoms with Crippen LogP contribution in [0.2, 0.25) is 5.02 Å². The van der Waals surface area contributed by atoms with Crippen molar-refractivity contribution < 1.29 is 19.0 Å². The molecule has 2 aliphatic heterocycles. The second-order valence-electron chi connectivity index (χ2n) is 10.1. The Hall–Kier alpha value is -4.32. The molecule has 2 aromatic carbocycles. The monoisotopic (exact) mass is 603 g/mol. The fraction of sp³-hybridized carbons (Fsp3) is 0.323. The molecule has 2 fully saturated rings. The minimum atomic E-state index is -0.353. The minimum absolute atomic E-state index is 0.184. The molecule has 2 bridgehead atoms. The number of hydrogen-bond donors (Lipinski definition) is 2. The predicted octanol–water partition coefficient (Wildman–Crippen LogP) is 5.40. The van der Waals surface area contributed by atoms with E-state index in [9.17, 15) is 4.79 Å². The molecule has 224 valence electrons. The van der Waals surface area contributed by atoms with Crippen LogP contribution in [0.3, 0.4) is 0 Å². The maximum atomic E-state index is 12.3. The summed E-state index contributed by atoms with van der Waals surface area (Å²) >= 11 is 6.52. The van der Waals surface area contributed by atoms with Gasteiger partial charge in [0.1, 0.15) is 36.9 Å². The van der Waals surface area contributed by atoms with Crippen LogP contribution in [-0.2, 0) is 9.53 Å². The third kappa shape index (κ3) is 7.75. The molecular weight excluding hydrogens is 570 g/mol. The molecule has 0 aliphatic carbocycles. The van der Waals surface area contributed by atoms with E-state index in [2.05, 4.69) is 48.8 Å². The summed E-state index contributed by atoms with van der Waals surface area (Å²) in [5.74, 6) is 1.18. The van der Waals surface area contributed by atoms with E-state index in [1.165, 1.54) is 18.6 Å². The third-order valence-corrected chi connectivity index (χ3v) is 7.36. The standard InChI is InChI=1S/C31H34ClN7O4/c1-4-30(40)38-27-13-24-26(14-29(27)41-11-10-39-16-22-7-8-23(17-39)43-22)35-19-36-31(24)37-20-6-9-28(25(32)12-20)42-18-21(15-33-3)34-5-2/h4-6,9,12-15,19,22-23H,1,3,7-8,10-11,16-18H2,2H3,(H,38,40)(H,35,36,37)/b21-15-,34-5-. The Morgan fingerprint density at radius 3 is 2.72 bits per heavy atom. The highest BCUT2D eigenvalue weighted by atomic mass is 35.5. The Morgan fingerprint density at radius 1 is 1.19 bits per heavy atom. The summed E-state index contributed by atoms with van der Waals surface area (Å²) in [4.78, 5) is 31.5. The number of anilines is 3. The molecule has 2 N–H and O–H groups in total. The molecule has 43 heavy (non-hydrogen) atoms. The van der Waals surface area contributed by atoms with E-state index in [4.69, 9.17) is 25.8 Å². The third-order valence-electron chi connectivity index (χ3n) is 7.07. The Labute approximate surface area is 255 Å². The number of aromatic nitrogens is 2. The number of fused-ring (bicyclic) bond motifs is 3.